The van der Waals surface area contributed by atoms with Gasteiger partial charge < -0.3 is 35.0 Å². The lowest BCUT2D eigenvalue weighted by Gasteiger charge is -2.60. The van der Waals surface area contributed by atoms with E-state index in [1.807, 2.05) is 6.92 Å². The number of carbonyl (C=O) groups excluding carboxylic acids is 3. The van der Waals surface area contributed by atoms with E-state index in [0.29, 0.717) is 45.4 Å². The number of halogens is 2. The van der Waals surface area contributed by atoms with Crippen LogP contribution in [-0.4, -0.2) is 138 Å². The average molecular weight is 695 g/mol. The fourth-order valence-electron chi connectivity index (χ4n) is 9.83. The summed E-state index contributed by atoms with van der Waals surface area (Å²) in [6.45, 7) is 13.2. The van der Waals surface area contributed by atoms with Gasteiger partial charge in [-0.25, -0.2) is 13.6 Å². The van der Waals surface area contributed by atoms with Crippen molar-refractivity contribution in [2.45, 2.75) is 133 Å². The summed E-state index contributed by atoms with van der Waals surface area (Å²) in [5.74, 6) is -2.30. The van der Waals surface area contributed by atoms with Gasteiger partial charge in [-0.05, 0) is 57.6 Å². The number of amides is 3. The number of hydrogen-bond donors (Lipinski definition) is 4. The first-order chi connectivity index (χ1) is 23.4. The summed E-state index contributed by atoms with van der Waals surface area (Å²) in [4.78, 5) is 45.7. The van der Waals surface area contributed by atoms with Gasteiger partial charge in [0, 0.05) is 61.9 Å². The molecule has 0 aromatic rings. The van der Waals surface area contributed by atoms with Crippen LogP contribution < -0.4 is 16.0 Å². The Morgan fingerprint density at radius 2 is 1.92 bits per heavy atom. The van der Waals surface area contributed by atoms with Crippen molar-refractivity contribution in [1.82, 2.24) is 30.7 Å². The Labute approximate surface area is 288 Å². The second-order valence-corrected chi connectivity index (χ2v) is 15.4. The second kappa shape index (κ2) is 15.1. The van der Waals surface area contributed by atoms with Gasteiger partial charge in [-0.15, -0.1) is 0 Å². The van der Waals surface area contributed by atoms with Crippen molar-refractivity contribution < 1.29 is 37.7 Å². The van der Waals surface area contributed by atoms with Gasteiger partial charge in [0.2, 0.25) is 5.91 Å². The van der Waals surface area contributed by atoms with Gasteiger partial charge in [-0.3, -0.25) is 19.8 Å². The Kier molecular flexibility index (Phi) is 11.2. The molecule has 276 valence electrons. The first-order valence-electron chi connectivity index (χ1n) is 18.5. The van der Waals surface area contributed by atoms with Crippen LogP contribution in [0.3, 0.4) is 0 Å². The lowest BCUT2D eigenvalue weighted by atomic mass is 9.71. The van der Waals surface area contributed by atoms with Gasteiger partial charge in [0.15, 0.2) is 0 Å². The zero-order chi connectivity index (χ0) is 35.1. The monoisotopic (exact) mass is 694 g/mol. The Hall–Kier alpha value is -2.39. The largest absolute Gasteiger partial charge is 0.459 e. The van der Waals surface area contributed by atoms with E-state index in [9.17, 15) is 19.5 Å². The number of fused-ring (bicyclic) bond motifs is 5. The smallest absolute Gasteiger partial charge is 0.320 e. The second-order valence-electron chi connectivity index (χ2n) is 15.4. The van der Waals surface area contributed by atoms with Crippen LogP contribution >= 0.6 is 0 Å². The van der Waals surface area contributed by atoms with Crippen molar-refractivity contribution in [3.63, 3.8) is 0 Å². The maximum Gasteiger partial charge on any atom is 0.320 e. The number of piperazine rings is 1. The standard InChI is InChI=1S/C35H56F2N6O6/c1-6-26(45)41-13-14-42(19(5)16-41)33-21-15-23(37)30-28-22(36)9-8-10-25(28)48-17-24(44)32(49-27(46)7-2)20-11-12-38-29(18(3)4)31(20)43(34(21)39-30)35(47)40-33/h6,18-25,28-34,38-39,44H,1,7-17H2,2-5H3,(H,40,47)/t19-,20?,21?,22?,23?,24?,25?,28?,29?,30?,31?,32?,33?,34?/m0/s1. The van der Waals surface area contributed by atoms with Crippen molar-refractivity contribution >= 4 is 17.9 Å². The van der Waals surface area contributed by atoms with E-state index in [2.05, 4.69) is 41.3 Å². The molecule has 0 aromatic carbocycles. The Morgan fingerprint density at radius 1 is 1.14 bits per heavy atom. The number of aliphatic hydroxyl groups is 1. The topological polar surface area (TPSA) is 136 Å². The molecule has 0 radical (unpaired) electrons. The highest BCUT2D eigenvalue weighted by Crippen LogP contribution is 2.44. The van der Waals surface area contributed by atoms with Crippen molar-refractivity contribution in [2.75, 3.05) is 32.8 Å². The Balaban J connectivity index is 1.44. The van der Waals surface area contributed by atoms with E-state index >= 15 is 8.78 Å². The van der Waals surface area contributed by atoms with Gasteiger partial charge in [0.25, 0.3) is 0 Å². The van der Waals surface area contributed by atoms with E-state index < -0.39 is 78.8 Å². The number of ether oxygens (including phenoxy) is 2. The summed E-state index contributed by atoms with van der Waals surface area (Å²) in [7, 11) is 0. The van der Waals surface area contributed by atoms with Crippen LogP contribution in [0.2, 0.25) is 0 Å². The number of urea groups is 1. The fourth-order valence-corrected chi connectivity index (χ4v) is 9.83. The van der Waals surface area contributed by atoms with Gasteiger partial charge >= 0.3 is 12.0 Å². The fraction of sp³-hybridized carbons (Fsp3) is 0.857. The number of hydrogen-bond acceptors (Lipinski definition) is 9. The van der Waals surface area contributed by atoms with Crippen LogP contribution in [0.25, 0.3) is 0 Å². The van der Waals surface area contributed by atoms with E-state index in [1.54, 1.807) is 16.7 Å². The molecule has 1 saturated carbocycles. The molecular weight excluding hydrogens is 638 g/mol. The summed E-state index contributed by atoms with van der Waals surface area (Å²) < 4.78 is 45.0. The van der Waals surface area contributed by atoms with Crippen LogP contribution in [-0.2, 0) is 19.1 Å². The first kappa shape index (κ1) is 36.4. The van der Waals surface area contributed by atoms with Gasteiger partial charge in [-0.1, -0.05) is 27.4 Å². The first-order valence-corrected chi connectivity index (χ1v) is 18.5. The lowest BCUT2D eigenvalue weighted by molar-refractivity contribution is -0.180. The summed E-state index contributed by atoms with van der Waals surface area (Å²) in [5, 5.41) is 22.1. The molecular formula is C35H56F2N6O6. The maximum absolute atomic E-state index is 16.7. The Morgan fingerprint density at radius 3 is 2.61 bits per heavy atom. The molecule has 6 aliphatic rings. The van der Waals surface area contributed by atoms with Crippen LogP contribution in [0.5, 0.6) is 0 Å². The molecule has 13 unspecified atom stereocenters. The van der Waals surface area contributed by atoms with Crippen LogP contribution in [0.4, 0.5) is 13.6 Å². The van der Waals surface area contributed by atoms with Crippen LogP contribution in [0, 0.1) is 23.7 Å². The van der Waals surface area contributed by atoms with Crippen molar-refractivity contribution in [3.8, 4) is 0 Å². The normalized spacial score (nSPS) is 43.3. The number of piperidine rings is 2. The molecule has 49 heavy (non-hydrogen) atoms. The minimum Gasteiger partial charge on any atom is -0.459 e. The number of esters is 1. The number of nitrogens with zero attached hydrogens (tertiary/aromatic N) is 3. The van der Waals surface area contributed by atoms with Crippen LogP contribution in [0.15, 0.2) is 12.7 Å². The number of rotatable bonds is 5. The molecule has 2 bridgehead atoms. The van der Waals surface area contributed by atoms with Crippen molar-refractivity contribution in [2.24, 2.45) is 23.7 Å². The van der Waals surface area contributed by atoms with E-state index in [1.165, 1.54) is 6.08 Å². The minimum atomic E-state index is -1.42. The summed E-state index contributed by atoms with van der Waals surface area (Å²) in [5.41, 5.74) is 0. The molecule has 3 amide bonds. The van der Waals surface area contributed by atoms with Crippen molar-refractivity contribution in [3.05, 3.63) is 12.7 Å². The molecule has 14 atom stereocenters. The SMILES string of the molecule is C=CC(=O)N1CCN(C2NC(=O)N3C4NC(C(F)CC42)C2C(F)CCCC2OCC(O)C(OC(=O)CC)C2CCNC(C(C)C)C23)[C@@H](C)C1. The number of alkyl halides is 2. The molecule has 6 rings (SSSR count). The Bertz CT molecular complexity index is 1230. The predicted molar refractivity (Wildman–Crippen MR) is 177 cm³/mol. The highest BCUT2D eigenvalue weighted by molar-refractivity contribution is 5.87. The number of nitrogens with one attached hydrogen (secondary N) is 3. The zero-order valence-corrected chi connectivity index (χ0v) is 29.3. The quantitative estimate of drug-likeness (QED) is 0.252. The summed E-state index contributed by atoms with van der Waals surface area (Å²) >= 11 is 0. The third-order valence-electron chi connectivity index (χ3n) is 12.2. The molecule has 6 fully saturated rings. The molecule has 12 nitrogen and oxygen atoms in total. The third-order valence-corrected chi connectivity index (χ3v) is 12.2. The van der Waals surface area contributed by atoms with Gasteiger partial charge in [-0.2, -0.15) is 0 Å². The highest BCUT2D eigenvalue weighted by Gasteiger charge is 2.59. The molecule has 14 heteroatoms. The molecule has 1 aliphatic carbocycles. The summed E-state index contributed by atoms with van der Waals surface area (Å²) in [6, 6.07) is -2.20. The minimum absolute atomic E-state index is 0.0438. The third kappa shape index (κ3) is 6.96. The molecule has 0 spiro atoms. The average Bonchev–Trinajstić information content (AvgIpc) is 3.08. The van der Waals surface area contributed by atoms with Gasteiger partial charge in [0.05, 0.1) is 31.1 Å². The molecule has 5 aliphatic heterocycles. The molecule has 4 N–H and O–H groups in total. The molecule has 5 heterocycles. The number of aliphatic hydroxyl groups excluding tert-OH is 1. The van der Waals surface area contributed by atoms with Crippen LogP contribution in [0.1, 0.15) is 66.2 Å². The van der Waals surface area contributed by atoms with Crippen molar-refractivity contribution in [1.29, 1.82) is 0 Å². The van der Waals surface area contributed by atoms with E-state index in [0.717, 1.165) is 0 Å². The highest BCUT2D eigenvalue weighted by atomic mass is 19.1. The zero-order valence-electron chi connectivity index (χ0n) is 29.3. The molecule has 0 aromatic heterocycles. The van der Waals surface area contributed by atoms with E-state index in [4.69, 9.17) is 9.47 Å². The number of carbonyl (C=O) groups is 3. The van der Waals surface area contributed by atoms with E-state index in [-0.39, 0.29) is 55.8 Å². The lowest BCUT2D eigenvalue weighted by Crippen LogP contribution is -2.80. The molecule has 5 saturated heterocycles. The van der Waals surface area contributed by atoms with Gasteiger partial charge in [0.1, 0.15) is 24.6 Å². The summed E-state index contributed by atoms with van der Waals surface area (Å²) in [6.07, 6.45) is -3.44. The maximum atomic E-state index is 16.7. The predicted octanol–water partition coefficient (Wildman–Crippen LogP) is 1.92.